The van der Waals surface area contributed by atoms with Gasteiger partial charge in [-0.2, -0.15) is 10.2 Å². The molecule has 0 amide bonds. The van der Waals surface area contributed by atoms with Gasteiger partial charge in [-0.25, -0.2) is 0 Å². The minimum Gasteiger partial charge on any atom is -0.259 e. The lowest BCUT2D eigenvalue weighted by atomic mass is 9.97. The van der Waals surface area contributed by atoms with Crippen LogP contribution in [0.1, 0.15) is 5.56 Å². The second-order valence-electron chi connectivity index (χ2n) is 6.38. The number of nitrogens with one attached hydrogen (secondary N) is 1. The third-order valence-electron chi connectivity index (χ3n) is 4.75. The van der Waals surface area contributed by atoms with Crippen LogP contribution < -0.4 is 5.43 Å². The number of aromatic nitrogens is 2. The van der Waals surface area contributed by atoms with Gasteiger partial charge in [-0.15, -0.1) is 5.10 Å². The van der Waals surface area contributed by atoms with Gasteiger partial charge < -0.3 is 0 Å². The molecule has 5 aromatic rings. The average Bonchev–Trinajstić information content (AvgIpc) is 2.73. The van der Waals surface area contributed by atoms with Crippen molar-refractivity contribution in [2.45, 2.75) is 0 Å². The quantitative estimate of drug-likeness (QED) is 0.270. The first-order valence-electron chi connectivity index (χ1n) is 8.80. The smallest absolute Gasteiger partial charge is 0.176 e. The number of fused-ring (bicyclic) bond motifs is 3. The number of hydrazone groups is 1. The molecular weight excluding hydrogens is 332 g/mol. The summed E-state index contributed by atoms with van der Waals surface area (Å²) in [6.45, 7) is 0. The van der Waals surface area contributed by atoms with E-state index in [1.165, 1.54) is 21.5 Å². The Morgan fingerprint density at radius 3 is 2.00 bits per heavy atom. The molecule has 0 saturated carbocycles. The Morgan fingerprint density at radius 1 is 0.704 bits per heavy atom. The van der Waals surface area contributed by atoms with Gasteiger partial charge in [0.25, 0.3) is 0 Å². The van der Waals surface area contributed by atoms with E-state index < -0.39 is 0 Å². The van der Waals surface area contributed by atoms with Crippen molar-refractivity contribution in [1.82, 2.24) is 10.2 Å². The van der Waals surface area contributed by atoms with E-state index in [9.17, 15) is 0 Å². The zero-order chi connectivity index (χ0) is 18.1. The Balaban J connectivity index is 1.61. The molecule has 0 aliphatic carbocycles. The van der Waals surface area contributed by atoms with Gasteiger partial charge in [0.15, 0.2) is 5.82 Å². The molecular formula is C23H16N4. The molecule has 27 heavy (non-hydrogen) atoms. The summed E-state index contributed by atoms with van der Waals surface area (Å²) in [6, 6.07) is 26.9. The summed E-state index contributed by atoms with van der Waals surface area (Å²) in [6.07, 6.45) is 3.62. The number of hydrogen-bond donors (Lipinski definition) is 1. The Bertz CT molecular complexity index is 1250. The van der Waals surface area contributed by atoms with E-state index in [-0.39, 0.29) is 0 Å². The molecule has 0 spiro atoms. The maximum Gasteiger partial charge on any atom is 0.176 e. The van der Waals surface area contributed by atoms with Crippen LogP contribution >= 0.6 is 0 Å². The zero-order valence-electron chi connectivity index (χ0n) is 14.5. The molecule has 4 nitrogen and oxygen atoms in total. The molecule has 1 N–H and O–H groups in total. The summed E-state index contributed by atoms with van der Waals surface area (Å²) in [5, 5.41) is 19.5. The highest BCUT2D eigenvalue weighted by molar-refractivity contribution is 6.13. The maximum atomic E-state index is 4.48. The Hall–Kier alpha value is -3.79. The summed E-state index contributed by atoms with van der Waals surface area (Å²) in [7, 11) is 0. The van der Waals surface area contributed by atoms with Gasteiger partial charge in [0, 0.05) is 16.3 Å². The van der Waals surface area contributed by atoms with Crippen molar-refractivity contribution in [3.05, 3.63) is 90.6 Å². The molecule has 0 saturated heterocycles. The van der Waals surface area contributed by atoms with Crippen LogP contribution in [0, 0.1) is 0 Å². The van der Waals surface area contributed by atoms with Gasteiger partial charge in [-0.05, 0) is 27.6 Å². The normalized spacial score (nSPS) is 11.6. The molecule has 0 aliphatic rings. The topological polar surface area (TPSA) is 50.2 Å². The summed E-state index contributed by atoms with van der Waals surface area (Å²) in [4.78, 5) is 0. The summed E-state index contributed by atoms with van der Waals surface area (Å²) in [5.74, 6) is 0.647. The van der Waals surface area contributed by atoms with Crippen molar-refractivity contribution in [2.75, 3.05) is 5.43 Å². The first-order valence-corrected chi connectivity index (χ1v) is 8.80. The van der Waals surface area contributed by atoms with Crippen molar-refractivity contribution in [2.24, 2.45) is 5.10 Å². The average molecular weight is 348 g/mol. The third-order valence-corrected chi connectivity index (χ3v) is 4.75. The zero-order valence-corrected chi connectivity index (χ0v) is 14.5. The predicted molar refractivity (Wildman–Crippen MR) is 112 cm³/mol. The second kappa shape index (κ2) is 6.50. The fraction of sp³-hybridized carbons (Fsp3) is 0. The molecule has 4 heteroatoms. The standard InChI is InChI=1S/C23H16N4/c1-4-10-19-16(7-1)13-17-8-2-5-11-20(17)22(19)15-25-27-23-21-12-6-3-9-18(21)14-24-26-23/h1-15H,(H,26,27). The number of rotatable bonds is 3. The summed E-state index contributed by atoms with van der Waals surface area (Å²) >= 11 is 0. The van der Waals surface area contributed by atoms with E-state index in [0.29, 0.717) is 5.82 Å². The van der Waals surface area contributed by atoms with Crippen LogP contribution in [0.3, 0.4) is 0 Å². The number of nitrogens with zero attached hydrogens (tertiary/aromatic N) is 3. The van der Waals surface area contributed by atoms with E-state index in [2.05, 4.69) is 75.3 Å². The number of hydrogen-bond acceptors (Lipinski definition) is 4. The summed E-state index contributed by atoms with van der Waals surface area (Å²) in [5.41, 5.74) is 4.15. The van der Waals surface area contributed by atoms with Crippen molar-refractivity contribution in [3.8, 4) is 0 Å². The first kappa shape index (κ1) is 15.5. The van der Waals surface area contributed by atoms with Crippen molar-refractivity contribution >= 4 is 44.3 Å². The molecule has 4 aromatic carbocycles. The number of benzene rings is 4. The van der Waals surface area contributed by atoms with E-state index in [1.54, 1.807) is 6.20 Å². The fourth-order valence-electron chi connectivity index (χ4n) is 3.46. The van der Waals surface area contributed by atoms with Gasteiger partial charge in [0.2, 0.25) is 0 Å². The van der Waals surface area contributed by atoms with Crippen molar-refractivity contribution < 1.29 is 0 Å². The minimum absolute atomic E-state index is 0.647. The molecule has 0 aliphatic heterocycles. The minimum atomic E-state index is 0.647. The van der Waals surface area contributed by atoms with Crippen LogP contribution in [-0.2, 0) is 0 Å². The molecule has 5 rings (SSSR count). The highest BCUT2D eigenvalue weighted by atomic mass is 15.3. The SMILES string of the molecule is C(=NNc1nncc2ccccc12)c1c2ccccc2cc2ccccc12. The molecule has 0 atom stereocenters. The molecule has 0 radical (unpaired) electrons. The van der Waals surface area contributed by atoms with E-state index in [4.69, 9.17) is 0 Å². The molecule has 0 bridgehead atoms. The van der Waals surface area contributed by atoms with E-state index in [1.807, 2.05) is 30.5 Å². The van der Waals surface area contributed by atoms with Crippen LogP contribution in [0.15, 0.2) is 90.2 Å². The van der Waals surface area contributed by atoms with E-state index in [0.717, 1.165) is 16.3 Å². The predicted octanol–water partition coefficient (Wildman–Crippen LogP) is 5.38. The highest BCUT2D eigenvalue weighted by Crippen LogP contribution is 2.27. The van der Waals surface area contributed by atoms with Crippen LogP contribution in [-0.4, -0.2) is 16.4 Å². The van der Waals surface area contributed by atoms with Gasteiger partial charge in [0.05, 0.1) is 12.4 Å². The Labute approximate surface area is 156 Å². The van der Waals surface area contributed by atoms with Gasteiger partial charge in [-0.3, -0.25) is 5.43 Å². The van der Waals surface area contributed by atoms with Gasteiger partial charge in [0.1, 0.15) is 0 Å². The van der Waals surface area contributed by atoms with Gasteiger partial charge in [-0.1, -0.05) is 72.8 Å². The van der Waals surface area contributed by atoms with Crippen molar-refractivity contribution in [3.63, 3.8) is 0 Å². The number of anilines is 1. The molecule has 1 aromatic heterocycles. The maximum absolute atomic E-state index is 4.48. The lowest BCUT2D eigenvalue weighted by Crippen LogP contribution is -1.97. The van der Waals surface area contributed by atoms with Gasteiger partial charge >= 0.3 is 0 Å². The Morgan fingerprint density at radius 2 is 1.30 bits per heavy atom. The molecule has 0 fully saturated rings. The molecule has 1 heterocycles. The lowest BCUT2D eigenvalue weighted by molar-refractivity contribution is 1.04. The lowest BCUT2D eigenvalue weighted by Gasteiger charge is -2.08. The van der Waals surface area contributed by atoms with E-state index >= 15 is 0 Å². The monoisotopic (exact) mass is 348 g/mol. The van der Waals surface area contributed by atoms with Crippen LogP contribution in [0.25, 0.3) is 32.3 Å². The van der Waals surface area contributed by atoms with Crippen LogP contribution in [0.2, 0.25) is 0 Å². The van der Waals surface area contributed by atoms with Crippen molar-refractivity contribution in [1.29, 1.82) is 0 Å². The van der Waals surface area contributed by atoms with Crippen LogP contribution in [0.5, 0.6) is 0 Å². The summed E-state index contributed by atoms with van der Waals surface area (Å²) < 4.78 is 0. The second-order valence-corrected chi connectivity index (χ2v) is 6.38. The first-order chi connectivity index (χ1) is 13.4. The highest BCUT2D eigenvalue weighted by Gasteiger charge is 2.06. The fourth-order valence-corrected chi connectivity index (χ4v) is 3.46. The third kappa shape index (κ3) is 2.77. The van der Waals surface area contributed by atoms with Crippen LogP contribution in [0.4, 0.5) is 5.82 Å². The largest absolute Gasteiger partial charge is 0.259 e. The molecule has 128 valence electrons. The Kier molecular flexibility index (Phi) is 3.72. The molecule has 0 unspecified atom stereocenters.